The van der Waals surface area contributed by atoms with E-state index in [1.807, 2.05) is 7.05 Å². The fourth-order valence-electron chi connectivity index (χ4n) is 2.29. The highest BCUT2D eigenvalue weighted by atomic mass is 16.3. The van der Waals surface area contributed by atoms with E-state index in [2.05, 4.69) is 32.0 Å². The third kappa shape index (κ3) is 2.41. The molecule has 2 rings (SSSR count). The SMILES string of the molecule is Cc1ccc(C)c(CN(C)C(=O)C2(CO)CC2)c1. The van der Waals surface area contributed by atoms with E-state index in [1.165, 1.54) is 16.7 Å². The molecule has 1 amide bonds. The Morgan fingerprint density at radius 3 is 2.61 bits per heavy atom. The topological polar surface area (TPSA) is 40.5 Å². The maximum Gasteiger partial charge on any atom is 0.231 e. The Morgan fingerprint density at radius 2 is 2.06 bits per heavy atom. The van der Waals surface area contributed by atoms with Crippen LogP contribution in [0.5, 0.6) is 0 Å². The van der Waals surface area contributed by atoms with Crippen LogP contribution < -0.4 is 0 Å². The Labute approximate surface area is 108 Å². The predicted molar refractivity (Wildman–Crippen MR) is 71.1 cm³/mol. The smallest absolute Gasteiger partial charge is 0.231 e. The molecule has 0 spiro atoms. The number of carbonyl (C=O) groups excluding carboxylic acids is 1. The van der Waals surface area contributed by atoms with Gasteiger partial charge < -0.3 is 10.0 Å². The first-order chi connectivity index (χ1) is 8.48. The second-order valence-corrected chi connectivity index (χ2v) is 5.53. The van der Waals surface area contributed by atoms with Gasteiger partial charge in [0.2, 0.25) is 5.91 Å². The van der Waals surface area contributed by atoms with Crippen molar-refractivity contribution in [1.82, 2.24) is 4.90 Å². The van der Waals surface area contributed by atoms with E-state index >= 15 is 0 Å². The summed E-state index contributed by atoms with van der Waals surface area (Å²) in [5.74, 6) is 0.0749. The van der Waals surface area contributed by atoms with Crippen LogP contribution in [0.15, 0.2) is 18.2 Å². The molecule has 1 aliphatic rings. The first kappa shape index (κ1) is 13.1. The van der Waals surface area contributed by atoms with Gasteiger partial charge in [-0.25, -0.2) is 0 Å². The number of amides is 1. The summed E-state index contributed by atoms with van der Waals surface area (Å²) in [7, 11) is 1.82. The molecule has 1 fully saturated rings. The minimum absolute atomic E-state index is 0.0248. The Morgan fingerprint density at radius 1 is 1.39 bits per heavy atom. The van der Waals surface area contributed by atoms with Gasteiger partial charge in [-0.1, -0.05) is 23.8 Å². The van der Waals surface area contributed by atoms with E-state index in [0.29, 0.717) is 6.54 Å². The van der Waals surface area contributed by atoms with E-state index in [-0.39, 0.29) is 12.5 Å². The van der Waals surface area contributed by atoms with Crippen LogP contribution in [-0.4, -0.2) is 29.6 Å². The van der Waals surface area contributed by atoms with Crippen LogP contribution in [0.1, 0.15) is 29.5 Å². The fourth-order valence-corrected chi connectivity index (χ4v) is 2.29. The van der Waals surface area contributed by atoms with Gasteiger partial charge in [-0.05, 0) is 37.8 Å². The zero-order valence-electron chi connectivity index (χ0n) is 11.4. The van der Waals surface area contributed by atoms with Crippen molar-refractivity contribution in [2.45, 2.75) is 33.2 Å². The number of hydrogen-bond donors (Lipinski definition) is 1. The van der Waals surface area contributed by atoms with Gasteiger partial charge in [0.1, 0.15) is 0 Å². The van der Waals surface area contributed by atoms with Gasteiger partial charge in [0.15, 0.2) is 0 Å². The number of nitrogens with zero attached hydrogens (tertiary/aromatic N) is 1. The molecule has 0 aliphatic heterocycles. The number of aryl methyl sites for hydroxylation is 2. The highest BCUT2D eigenvalue weighted by Gasteiger charge is 2.50. The van der Waals surface area contributed by atoms with Crippen molar-refractivity contribution in [1.29, 1.82) is 0 Å². The highest BCUT2D eigenvalue weighted by Crippen LogP contribution is 2.46. The number of aliphatic hydroxyl groups is 1. The van der Waals surface area contributed by atoms with E-state index < -0.39 is 5.41 Å². The molecule has 18 heavy (non-hydrogen) atoms. The fraction of sp³-hybridized carbons (Fsp3) is 0.533. The van der Waals surface area contributed by atoms with Crippen molar-refractivity contribution >= 4 is 5.91 Å². The van der Waals surface area contributed by atoms with Crippen LogP contribution in [0.3, 0.4) is 0 Å². The molecule has 0 aromatic heterocycles. The summed E-state index contributed by atoms with van der Waals surface area (Å²) in [6, 6.07) is 6.29. The molecule has 0 heterocycles. The Bertz CT molecular complexity index is 464. The molecule has 0 radical (unpaired) electrons. The predicted octanol–water partition coefficient (Wildman–Crippen LogP) is 2.03. The number of carbonyl (C=O) groups is 1. The lowest BCUT2D eigenvalue weighted by Gasteiger charge is -2.23. The number of aliphatic hydroxyl groups excluding tert-OH is 1. The van der Waals surface area contributed by atoms with Crippen molar-refractivity contribution in [3.05, 3.63) is 34.9 Å². The maximum atomic E-state index is 12.2. The molecule has 98 valence electrons. The number of hydrogen-bond acceptors (Lipinski definition) is 2. The Hall–Kier alpha value is -1.35. The normalized spacial score (nSPS) is 16.4. The van der Waals surface area contributed by atoms with Gasteiger partial charge in [-0.15, -0.1) is 0 Å². The van der Waals surface area contributed by atoms with Crippen molar-refractivity contribution in [3.63, 3.8) is 0 Å². The lowest BCUT2D eigenvalue weighted by atomic mass is 10.0. The lowest BCUT2D eigenvalue weighted by Crippen LogP contribution is -2.35. The second kappa shape index (κ2) is 4.73. The maximum absolute atomic E-state index is 12.2. The summed E-state index contributed by atoms with van der Waals surface area (Å²) in [6.45, 7) is 4.71. The van der Waals surface area contributed by atoms with Gasteiger partial charge in [0.25, 0.3) is 0 Å². The minimum Gasteiger partial charge on any atom is -0.395 e. The van der Waals surface area contributed by atoms with E-state index in [9.17, 15) is 9.90 Å². The van der Waals surface area contributed by atoms with Gasteiger partial charge in [-0.3, -0.25) is 4.79 Å². The molecule has 3 nitrogen and oxygen atoms in total. The monoisotopic (exact) mass is 247 g/mol. The van der Waals surface area contributed by atoms with Crippen molar-refractivity contribution in [2.24, 2.45) is 5.41 Å². The molecule has 0 saturated heterocycles. The molecule has 1 N–H and O–H groups in total. The van der Waals surface area contributed by atoms with E-state index in [0.717, 1.165) is 12.8 Å². The summed E-state index contributed by atoms with van der Waals surface area (Å²) in [5.41, 5.74) is 3.13. The van der Waals surface area contributed by atoms with Crippen molar-refractivity contribution in [3.8, 4) is 0 Å². The Balaban J connectivity index is 2.09. The van der Waals surface area contributed by atoms with Crippen LogP contribution in [-0.2, 0) is 11.3 Å². The molecule has 0 unspecified atom stereocenters. The number of rotatable bonds is 4. The summed E-state index contributed by atoms with van der Waals surface area (Å²) in [5, 5.41) is 9.29. The zero-order chi connectivity index (χ0) is 13.3. The quantitative estimate of drug-likeness (QED) is 0.884. The van der Waals surface area contributed by atoms with Crippen molar-refractivity contribution < 1.29 is 9.90 Å². The molecule has 1 aromatic rings. The van der Waals surface area contributed by atoms with Gasteiger partial charge in [0, 0.05) is 13.6 Å². The van der Waals surface area contributed by atoms with Gasteiger partial charge in [-0.2, -0.15) is 0 Å². The van der Waals surface area contributed by atoms with Crippen LogP contribution in [0.4, 0.5) is 0 Å². The first-order valence-electron chi connectivity index (χ1n) is 6.41. The summed E-state index contributed by atoms with van der Waals surface area (Å²) >= 11 is 0. The Kier molecular flexibility index (Phi) is 3.44. The van der Waals surface area contributed by atoms with E-state index in [1.54, 1.807) is 4.90 Å². The van der Waals surface area contributed by atoms with Crippen LogP contribution in [0, 0.1) is 19.3 Å². The minimum atomic E-state index is -0.466. The molecule has 1 aliphatic carbocycles. The standard InChI is InChI=1S/C15H21NO2/c1-11-4-5-12(2)13(8-11)9-16(3)14(18)15(10-17)6-7-15/h4-5,8,17H,6-7,9-10H2,1-3H3. The third-order valence-electron chi connectivity index (χ3n) is 3.87. The number of benzene rings is 1. The average Bonchev–Trinajstić information content (AvgIpc) is 3.14. The second-order valence-electron chi connectivity index (χ2n) is 5.53. The molecular formula is C15H21NO2. The van der Waals surface area contributed by atoms with E-state index in [4.69, 9.17) is 0 Å². The van der Waals surface area contributed by atoms with Crippen LogP contribution in [0.25, 0.3) is 0 Å². The van der Waals surface area contributed by atoms with Crippen molar-refractivity contribution in [2.75, 3.05) is 13.7 Å². The first-order valence-corrected chi connectivity index (χ1v) is 6.41. The molecular weight excluding hydrogens is 226 g/mol. The summed E-state index contributed by atoms with van der Waals surface area (Å²) < 4.78 is 0. The zero-order valence-corrected chi connectivity index (χ0v) is 11.4. The molecule has 0 atom stereocenters. The van der Waals surface area contributed by atoms with Gasteiger partial charge in [0.05, 0.1) is 12.0 Å². The van der Waals surface area contributed by atoms with Gasteiger partial charge >= 0.3 is 0 Å². The largest absolute Gasteiger partial charge is 0.395 e. The summed E-state index contributed by atoms with van der Waals surface area (Å²) in [4.78, 5) is 14.0. The van der Waals surface area contributed by atoms with Crippen LogP contribution in [0.2, 0.25) is 0 Å². The molecule has 0 bridgehead atoms. The average molecular weight is 247 g/mol. The van der Waals surface area contributed by atoms with Crippen LogP contribution >= 0.6 is 0 Å². The molecule has 3 heteroatoms. The molecule has 1 saturated carbocycles. The third-order valence-corrected chi connectivity index (χ3v) is 3.87. The molecule has 1 aromatic carbocycles. The lowest BCUT2D eigenvalue weighted by molar-refractivity contribution is -0.137. The highest BCUT2D eigenvalue weighted by molar-refractivity contribution is 5.85. The summed E-state index contributed by atoms with van der Waals surface area (Å²) in [6.07, 6.45) is 1.64.